The standard InChI is InChI=1S/C12H7NO4/c1-16-12(15)10-9(6-13)7-4-2-3-5-8(7)11(14)17-10/h2-5H,1H3. The molecule has 0 saturated carbocycles. The Bertz CT molecular complexity index is 694. The van der Waals surface area contributed by atoms with Crippen LogP contribution >= 0.6 is 0 Å². The molecule has 0 fully saturated rings. The summed E-state index contributed by atoms with van der Waals surface area (Å²) in [5, 5.41) is 9.67. The van der Waals surface area contributed by atoms with Crippen molar-refractivity contribution in [2.75, 3.05) is 7.11 Å². The maximum atomic E-state index is 11.6. The van der Waals surface area contributed by atoms with Gasteiger partial charge >= 0.3 is 11.6 Å². The van der Waals surface area contributed by atoms with Gasteiger partial charge in [-0.3, -0.25) is 0 Å². The smallest absolute Gasteiger partial charge is 0.375 e. The summed E-state index contributed by atoms with van der Waals surface area (Å²) in [6.07, 6.45) is 0. The number of fused-ring (bicyclic) bond motifs is 1. The fraction of sp³-hybridized carbons (Fsp3) is 0.0833. The van der Waals surface area contributed by atoms with Gasteiger partial charge in [-0.2, -0.15) is 5.26 Å². The fourth-order valence-electron chi connectivity index (χ4n) is 1.55. The van der Waals surface area contributed by atoms with Gasteiger partial charge in [0.05, 0.1) is 12.5 Å². The number of nitrogens with zero attached hydrogens (tertiary/aromatic N) is 1. The largest absolute Gasteiger partial charge is 0.463 e. The van der Waals surface area contributed by atoms with Gasteiger partial charge in [-0.1, -0.05) is 18.2 Å². The second kappa shape index (κ2) is 4.10. The van der Waals surface area contributed by atoms with E-state index in [4.69, 9.17) is 9.68 Å². The lowest BCUT2D eigenvalue weighted by Crippen LogP contribution is -2.11. The second-order valence-electron chi connectivity index (χ2n) is 3.24. The molecule has 0 aliphatic rings. The minimum Gasteiger partial charge on any atom is -0.463 e. The third-order valence-corrected chi connectivity index (χ3v) is 2.32. The zero-order valence-electron chi connectivity index (χ0n) is 8.89. The SMILES string of the molecule is COC(=O)c1oc(=O)c2ccccc2c1C#N. The molecule has 0 saturated heterocycles. The lowest BCUT2D eigenvalue weighted by atomic mass is 10.1. The molecule has 1 heterocycles. The van der Waals surface area contributed by atoms with E-state index in [1.807, 2.05) is 6.07 Å². The highest BCUT2D eigenvalue weighted by molar-refractivity contribution is 5.97. The Morgan fingerprint density at radius 1 is 1.35 bits per heavy atom. The van der Waals surface area contributed by atoms with Crippen molar-refractivity contribution in [3.05, 3.63) is 46.0 Å². The molecule has 0 aliphatic carbocycles. The molecule has 84 valence electrons. The van der Waals surface area contributed by atoms with E-state index in [9.17, 15) is 9.59 Å². The molecule has 0 N–H and O–H groups in total. The van der Waals surface area contributed by atoms with Gasteiger partial charge in [-0.25, -0.2) is 9.59 Å². The third kappa shape index (κ3) is 1.66. The van der Waals surface area contributed by atoms with Crippen LogP contribution in [0.5, 0.6) is 0 Å². The molecule has 5 heteroatoms. The van der Waals surface area contributed by atoms with Gasteiger partial charge in [-0.05, 0) is 6.07 Å². The fourth-order valence-corrected chi connectivity index (χ4v) is 1.55. The topological polar surface area (TPSA) is 80.3 Å². The van der Waals surface area contributed by atoms with Crippen molar-refractivity contribution < 1.29 is 13.9 Å². The van der Waals surface area contributed by atoms with E-state index in [0.717, 1.165) is 7.11 Å². The summed E-state index contributed by atoms with van der Waals surface area (Å²) in [4.78, 5) is 23.0. The van der Waals surface area contributed by atoms with Gasteiger partial charge in [0, 0.05) is 5.39 Å². The van der Waals surface area contributed by atoms with E-state index < -0.39 is 11.6 Å². The Balaban J connectivity index is 2.94. The molecule has 1 aromatic carbocycles. The normalized spacial score (nSPS) is 9.88. The highest BCUT2D eigenvalue weighted by atomic mass is 16.5. The van der Waals surface area contributed by atoms with Crippen LogP contribution in [0.2, 0.25) is 0 Å². The number of benzene rings is 1. The van der Waals surface area contributed by atoms with Crippen LogP contribution in [-0.2, 0) is 4.74 Å². The molecule has 2 aromatic rings. The lowest BCUT2D eigenvalue weighted by Gasteiger charge is -2.03. The first-order valence-corrected chi connectivity index (χ1v) is 4.73. The van der Waals surface area contributed by atoms with Crippen molar-refractivity contribution in [1.82, 2.24) is 0 Å². The number of ether oxygens (including phenoxy) is 1. The number of hydrogen-bond acceptors (Lipinski definition) is 5. The summed E-state index contributed by atoms with van der Waals surface area (Å²) >= 11 is 0. The molecule has 0 unspecified atom stereocenters. The minimum atomic E-state index is -0.843. The van der Waals surface area contributed by atoms with E-state index >= 15 is 0 Å². The highest BCUT2D eigenvalue weighted by Gasteiger charge is 2.19. The molecule has 0 bridgehead atoms. The van der Waals surface area contributed by atoms with Gasteiger partial charge in [0.25, 0.3) is 0 Å². The van der Waals surface area contributed by atoms with Crippen LogP contribution in [0.1, 0.15) is 16.1 Å². The van der Waals surface area contributed by atoms with Gasteiger partial charge in [0.2, 0.25) is 5.76 Å². The van der Waals surface area contributed by atoms with Crippen molar-refractivity contribution in [1.29, 1.82) is 5.26 Å². The summed E-state index contributed by atoms with van der Waals surface area (Å²) in [7, 11) is 1.15. The maximum absolute atomic E-state index is 11.6. The Morgan fingerprint density at radius 2 is 2.00 bits per heavy atom. The minimum absolute atomic E-state index is 0.00653. The zero-order valence-corrected chi connectivity index (χ0v) is 8.89. The zero-order chi connectivity index (χ0) is 12.4. The van der Waals surface area contributed by atoms with Gasteiger partial charge in [-0.15, -0.1) is 0 Å². The summed E-state index contributed by atoms with van der Waals surface area (Å²) in [6.45, 7) is 0. The molecule has 0 amide bonds. The van der Waals surface area contributed by atoms with Gasteiger partial charge in [0.1, 0.15) is 11.6 Å². The van der Waals surface area contributed by atoms with Crippen LogP contribution in [0.4, 0.5) is 0 Å². The average molecular weight is 229 g/mol. The van der Waals surface area contributed by atoms with Crippen LogP contribution in [0, 0.1) is 11.3 Å². The van der Waals surface area contributed by atoms with Gasteiger partial charge < -0.3 is 9.15 Å². The highest BCUT2D eigenvalue weighted by Crippen LogP contribution is 2.19. The van der Waals surface area contributed by atoms with Crippen molar-refractivity contribution in [2.45, 2.75) is 0 Å². The molecule has 2 rings (SSSR count). The van der Waals surface area contributed by atoms with Crippen LogP contribution < -0.4 is 5.63 Å². The van der Waals surface area contributed by atoms with Crippen LogP contribution in [0.3, 0.4) is 0 Å². The van der Waals surface area contributed by atoms with Gasteiger partial charge in [0.15, 0.2) is 0 Å². The number of hydrogen-bond donors (Lipinski definition) is 0. The Hall–Kier alpha value is -2.61. The Morgan fingerprint density at radius 3 is 2.59 bits per heavy atom. The molecular formula is C12H7NO4. The predicted octanol–water partition coefficient (Wildman–Crippen LogP) is 1.45. The number of methoxy groups -OCH3 is 1. The van der Waals surface area contributed by atoms with E-state index in [-0.39, 0.29) is 16.7 Å². The number of carbonyl (C=O) groups is 1. The molecule has 0 radical (unpaired) electrons. The van der Waals surface area contributed by atoms with Crippen LogP contribution in [0.15, 0.2) is 33.5 Å². The monoisotopic (exact) mass is 229 g/mol. The molecule has 0 spiro atoms. The first kappa shape index (κ1) is 10.9. The number of nitriles is 1. The summed E-state index contributed by atoms with van der Waals surface area (Å²) < 4.78 is 9.27. The number of carbonyl (C=O) groups excluding carboxylic acids is 1. The quantitative estimate of drug-likeness (QED) is 0.691. The third-order valence-electron chi connectivity index (χ3n) is 2.32. The van der Waals surface area contributed by atoms with Crippen molar-refractivity contribution in [3.63, 3.8) is 0 Å². The summed E-state index contributed by atoms with van der Waals surface area (Å²) in [6, 6.07) is 8.28. The predicted molar refractivity (Wildman–Crippen MR) is 58.5 cm³/mol. The van der Waals surface area contributed by atoms with E-state index in [1.165, 1.54) is 6.07 Å². The van der Waals surface area contributed by atoms with E-state index in [1.54, 1.807) is 18.2 Å². The van der Waals surface area contributed by atoms with Crippen LogP contribution in [-0.4, -0.2) is 13.1 Å². The number of esters is 1. The number of rotatable bonds is 1. The Labute approximate surface area is 95.8 Å². The molecule has 0 aliphatic heterocycles. The van der Waals surface area contributed by atoms with E-state index in [2.05, 4.69) is 4.74 Å². The van der Waals surface area contributed by atoms with E-state index in [0.29, 0.717) is 5.39 Å². The summed E-state index contributed by atoms with van der Waals surface area (Å²) in [5.41, 5.74) is -0.660. The maximum Gasteiger partial charge on any atom is 0.375 e. The first-order valence-electron chi connectivity index (χ1n) is 4.73. The van der Waals surface area contributed by atoms with Crippen molar-refractivity contribution >= 4 is 16.7 Å². The van der Waals surface area contributed by atoms with Crippen molar-refractivity contribution in [3.8, 4) is 6.07 Å². The first-order chi connectivity index (χ1) is 8.19. The Kier molecular flexibility index (Phi) is 2.63. The molecule has 0 atom stereocenters. The second-order valence-corrected chi connectivity index (χ2v) is 3.24. The molecular weight excluding hydrogens is 222 g/mol. The molecule has 1 aromatic heterocycles. The summed E-state index contributed by atoms with van der Waals surface area (Å²) in [5.74, 6) is -1.21. The van der Waals surface area contributed by atoms with Crippen molar-refractivity contribution in [2.24, 2.45) is 0 Å². The lowest BCUT2D eigenvalue weighted by molar-refractivity contribution is 0.0560. The van der Waals surface area contributed by atoms with Crippen LogP contribution in [0.25, 0.3) is 10.8 Å². The molecule has 17 heavy (non-hydrogen) atoms. The average Bonchev–Trinajstić information content (AvgIpc) is 2.38. The molecule has 5 nitrogen and oxygen atoms in total.